The van der Waals surface area contributed by atoms with Gasteiger partial charge in [-0.05, 0) is 17.7 Å². The molecule has 0 spiro atoms. The second kappa shape index (κ2) is 12.8. The van der Waals surface area contributed by atoms with Crippen LogP contribution in [0.25, 0.3) is 0 Å². The van der Waals surface area contributed by atoms with Crippen LogP contribution in [0.4, 0.5) is 30.7 Å². The standard InChI is InChI=1S/C18H25FN2O2.2C2HF3O2/c19-17-3-1-15(2-4-17)9-21-10-16-11-23-14-18(16,13-21)12-20-5-7-22-8-6-20;2*3-2(4,5)1(6)7/h1-4,16H,5-14H2;2*(H,6,7)/t16-,18+;;/m1../s1. The smallest absolute Gasteiger partial charge is 0.475 e. The van der Waals surface area contributed by atoms with E-state index in [0.29, 0.717) is 5.92 Å². The van der Waals surface area contributed by atoms with Crippen LogP contribution >= 0.6 is 0 Å². The van der Waals surface area contributed by atoms with E-state index in [1.165, 1.54) is 5.56 Å². The Morgan fingerprint density at radius 1 is 0.919 bits per heavy atom. The number of hydrogen-bond donors (Lipinski definition) is 2. The molecule has 3 heterocycles. The van der Waals surface area contributed by atoms with Crippen molar-refractivity contribution in [2.75, 3.05) is 59.2 Å². The maximum absolute atomic E-state index is 13.1. The molecule has 8 nitrogen and oxygen atoms in total. The number of alkyl halides is 6. The van der Waals surface area contributed by atoms with E-state index >= 15 is 0 Å². The zero-order valence-electron chi connectivity index (χ0n) is 19.5. The van der Waals surface area contributed by atoms with Crippen molar-refractivity contribution in [3.8, 4) is 0 Å². The number of halogens is 7. The summed E-state index contributed by atoms with van der Waals surface area (Å²) in [4.78, 5) is 22.8. The fourth-order valence-electron chi connectivity index (χ4n) is 4.34. The van der Waals surface area contributed by atoms with Crippen LogP contribution in [0.1, 0.15) is 5.56 Å². The molecule has 2 atom stereocenters. The lowest BCUT2D eigenvalue weighted by Crippen LogP contribution is -2.47. The molecule has 0 aliphatic carbocycles. The molecule has 37 heavy (non-hydrogen) atoms. The average Bonchev–Trinajstić information content (AvgIpc) is 3.31. The highest BCUT2D eigenvalue weighted by molar-refractivity contribution is 5.73. The van der Waals surface area contributed by atoms with Crippen molar-refractivity contribution >= 4 is 11.9 Å². The summed E-state index contributed by atoms with van der Waals surface area (Å²) in [6, 6.07) is 6.90. The molecule has 0 aromatic heterocycles. The first-order valence-electron chi connectivity index (χ1n) is 11.1. The van der Waals surface area contributed by atoms with Gasteiger partial charge in [-0.2, -0.15) is 26.3 Å². The van der Waals surface area contributed by atoms with Crippen LogP contribution in [-0.2, 0) is 25.6 Å². The molecule has 1 aromatic carbocycles. The van der Waals surface area contributed by atoms with Gasteiger partial charge in [-0.15, -0.1) is 0 Å². The summed E-state index contributed by atoms with van der Waals surface area (Å²) >= 11 is 0. The zero-order chi connectivity index (χ0) is 27.9. The number of carboxylic acids is 2. The molecule has 3 aliphatic rings. The van der Waals surface area contributed by atoms with Crippen LogP contribution in [0, 0.1) is 17.2 Å². The Morgan fingerprint density at radius 2 is 1.43 bits per heavy atom. The van der Waals surface area contributed by atoms with Gasteiger partial charge in [0.25, 0.3) is 0 Å². The summed E-state index contributed by atoms with van der Waals surface area (Å²) in [5.74, 6) is -5.06. The third kappa shape index (κ3) is 9.72. The number of rotatable bonds is 4. The summed E-state index contributed by atoms with van der Waals surface area (Å²) in [7, 11) is 0. The predicted octanol–water partition coefficient (Wildman–Crippen LogP) is 2.87. The van der Waals surface area contributed by atoms with Crippen molar-refractivity contribution in [2.24, 2.45) is 11.3 Å². The topological polar surface area (TPSA) is 99.5 Å². The fraction of sp³-hybridized carbons (Fsp3) is 0.636. The lowest BCUT2D eigenvalue weighted by atomic mass is 9.80. The van der Waals surface area contributed by atoms with Crippen LogP contribution < -0.4 is 0 Å². The van der Waals surface area contributed by atoms with Crippen molar-refractivity contribution in [1.29, 1.82) is 0 Å². The Bertz CT molecular complexity index is 867. The number of hydrogen-bond acceptors (Lipinski definition) is 6. The van der Waals surface area contributed by atoms with Crippen molar-refractivity contribution < 1.29 is 60.0 Å². The summed E-state index contributed by atoms with van der Waals surface area (Å²) in [5, 5.41) is 14.2. The third-order valence-corrected chi connectivity index (χ3v) is 6.04. The number of carbonyl (C=O) groups is 2. The van der Waals surface area contributed by atoms with E-state index in [1.54, 1.807) is 12.1 Å². The zero-order valence-corrected chi connectivity index (χ0v) is 19.5. The van der Waals surface area contributed by atoms with Gasteiger partial charge in [0, 0.05) is 50.6 Å². The molecule has 4 rings (SSSR count). The van der Waals surface area contributed by atoms with E-state index in [9.17, 15) is 30.7 Å². The number of benzene rings is 1. The predicted molar refractivity (Wildman–Crippen MR) is 113 cm³/mol. The molecule has 3 saturated heterocycles. The minimum Gasteiger partial charge on any atom is -0.475 e. The van der Waals surface area contributed by atoms with Crippen LogP contribution in [0.5, 0.6) is 0 Å². The first kappa shape index (κ1) is 30.7. The normalized spacial score (nSPS) is 24.4. The molecule has 0 unspecified atom stereocenters. The van der Waals surface area contributed by atoms with Crippen LogP contribution in [0.3, 0.4) is 0 Å². The van der Waals surface area contributed by atoms with E-state index in [2.05, 4.69) is 9.80 Å². The highest BCUT2D eigenvalue weighted by Crippen LogP contribution is 2.42. The van der Waals surface area contributed by atoms with Gasteiger partial charge in [-0.1, -0.05) is 12.1 Å². The number of nitrogens with zero attached hydrogens (tertiary/aromatic N) is 2. The van der Waals surface area contributed by atoms with E-state index in [-0.39, 0.29) is 11.2 Å². The Labute approximate surface area is 207 Å². The summed E-state index contributed by atoms with van der Waals surface area (Å²) in [6.45, 7) is 9.69. The van der Waals surface area contributed by atoms with E-state index < -0.39 is 24.3 Å². The maximum Gasteiger partial charge on any atom is 0.490 e. The molecule has 1 aromatic rings. The van der Waals surface area contributed by atoms with Gasteiger partial charge in [0.05, 0.1) is 26.4 Å². The second-order valence-corrected chi connectivity index (χ2v) is 8.86. The minimum atomic E-state index is -5.08. The molecule has 0 saturated carbocycles. The van der Waals surface area contributed by atoms with Gasteiger partial charge in [0.1, 0.15) is 5.82 Å². The number of carboxylic acid groups (broad SMARTS) is 2. The van der Waals surface area contributed by atoms with Gasteiger partial charge in [0.2, 0.25) is 0 Å². The lowest BCUT2D eigenvalue weighted by Gasteiger charge is -2.36. The lowest BCUT2D eigenvalue weighted by molar-refractivity contribution is -0.193. The molecular weight excluding hydrogens is 521 g/mol. The molecule has 0 amide bonds. The fourth-order valence-corrected chi connectivity index (χ4v) is 4.34. The molecule has 3 aliphatic heterocycles. The number of ether oxygens (including phenoxy) is 2. The Hall–Kier alpha value is -2.49. The van der Waals surface area contributed by atoms with Crippen molar-refractivity contribution in [2.45, 2.75) is 18.9 Å². The molecule has 0 bridgehead atoms. The van der Waals surface area contributed by atoms with E-state index in [1.807, 2.05) is 12.1 Å². The van der Waals surface area contributed by atoms with Gasteiger partial charge in [-0.3, -0.25) is 9.80 Å². The SMILES string of the molecule is Fc1ccc(CN2C[C@@H]3COC[C@]3(CN3CCOCC3)C2)cc1.O=C(O)C(F)(F)F.O=C(O)C(F)(F)F. The molecule has 15 heteroatoms. The molecule has 210 valence electrons. The van der Waals surface area contributed by atoms with Gasteiger partial charge in [-0.25, -0.2) is 14.0 Å². The molecule has 0 radical (unpaired) electrons. The van der Waals surface area contributed by atoms with Crippen molar-refractivity contribution in [1.82, 2.24) is 9.80 Å². The number of aliphatic carboxylic acids is 2. The van der Waals surface area contributed by atoms with Gasteiger partial charge < -0.3 is 19.7 Å². The molecular formula is C22H27F7N2O6. The van der Waals surface area contributed by atoms with E-state index in [0.717, 1.165) is 65.7 Å². The van der Waals surface area contributed by atoms with Gasteiger partial charge >= 0.3 is 24.3 Å². The Kier molecular flexibility index (Phi) is 10.7. The van der Waals surface area contributed by atoms with Gasteiger partial charge in [0.15, 0.2) is 0 Å². The third-order valence-electron chi connectivity index (χ3n) is 6.04. The summed E-state index contributed by atoms with van der Waals surface area (Å²) in [6.07, 6.45) is -10.2. The number of fused-ring (bicyclic) bond motifs is 1. The average molecular weight is 548 g/mol. The minimum absolute atomic E-state index is 0.163. The summed E-state index contributed by atoms with van der Waals surface area (Å²) in [5.41, 5.74) is 1.45. The van der Waals surface area contributed by atoms with E-state index in [4.69, 9.17) is 29.3 Å². The number of likely N-dealkylation sites (tertiary alicyclic amines) is 1. The highest BCUT2D eigenvalue weighted by atomic mass is 19.4. The number of morpholine rings is 1. The molecule has 3 fully saturated rings. The highest BCUT2D eigenvalue weighted by Gasteiger charge is 2.51. The Morgan fingerprint density at radius 3 is 1.92 bits per heavy atom. The van der Waals surface area contributed by atoms with Crippen LogP contribution in [0.15, 0.2) is 24.3 Å². The first-order valence-corrected chi connectivity index (χ1v) is 11.1. The first-order chi connectivity index (χ1) is 17.1. The second-order valence-electron chi connectivity index (χ2n) is 8.86. The Balaban J connectivity index is 0.000000286. The van der Waals surface area contributed by atoms with Crippen LogP contribution in [-0.4, -0.2) is 103 Å². The summed E-state index contributed by atoms with van der Waals surface area (Å²) < 4.78 is 87.8. The van der Waals surface area contributed by atoms with Crippen molar-refractivity contribution in [3.05, 3.63) is 35.6 Å². The van der Waals surface area contributed by atoms with Crippen molar-refractivity contribution in [3.63, 3.8) is 0 Å². The monoisotopic (exact) mass is 548 g/mol. The van der Waals surface area contributed by atoms with Crippen LogP contribution in [0.2, 0.25) is 0 Å². The maximum atomic E-state index is 13.1. The molecule has 2 N–H and O–H groups in total. The quantitative estimate of drug-likeness (QED) is 0.555. The largest absolute Gasteiger partial charge is 0.490 e.